The number of aromatic nitrogens is 2. The van der Waals surface area contributed by atoms with Crippen LogP contribution < -0.4 is 0 Å². The standard InChI is InChI=1S/C47H30N2/c1-3-14-34(15-4-1)48-42-21-10-9-19-37(42)39-27-30(22-24-43(39)48)31-23-25-44-41(28-31)47-38-20-11-13-33-26-32-12-7-8-18-36(32)40(46(33)38)29-45(47)49(44)35-16-5-2-6-17-35/h1-25,27-29H,26H2. The van der Waals surface area contributed by atoms with Crippen molar-refractivity contribution in [3.8, 4) is 33.6 Å². The van der Waals surface area contributed by atoms with Crippen LogP contribution in [-0.2, 0) is 6.42 Å². The van der Waals surface area contributed by atoms with E-state index in [0.29, 0.717) is 0 Å². The first kappa shape index (κ1) is 26.7. The lowest BCUT2D eigenvalue weighted by molar-refractivity contribution is 1.18. The van der Waals surface area contributed by atoms with Gasteiger partial charge in [-0.05, 0) is 111 Å². The molecule has 0 amide bonds. The lowest BCUT2D eigenvalue weighted by Crippen LogP contribution is -2.01. The van der Waals surface area contributed by atoms with Crippen molar-refractivity contribution in [1.29, 1.82) is 0 Å². The van der Waals surface area contributed by atoms with Crippen LogP contribution in [0.25, 0.3) is 88.0 Å². The van der Waals surface area contributed by atoms with Gasteiger partial charge in [-0.2, -0.15) is 0 Å². The summed E-state index contributed by atoms with van der Waals surface area (Å²) in [5, 5.41) is 7.86. The molecule has 0 unspecified atom stereocenters. The fourth-order valence-corrected chi connectivity index (χ4v) is 8.61. The SMILES string of the molecule is c1ccc(-n2c3ccccc3c3cc(-c4ccc5c(c4)c4c6cccc7c6c(cc4n5-c4ccccc4)-c4ccccc4C7)ccc32)cc1. The van der Waals surface area contributed by atoms with Crippen molar-refractivity contribution >= 4 is 54.4 Å². The van der Waals surface area contributed by atoms with Crippen molar-refractivity contribution in [3.05, 3.63) is 181 Å². The Bertz CT molecular complexity index is 2940. The third kappa shape index (κ3) is 3.77. The molecular formula is C47H30N2. The van der Waals surface area contributed by atoms with Crippen molar-refractivity contribution < 1.29 is 0 Å². The highest BCUT2D eigenvalue weighted by Gasteiger charge is 2.24. The zero-order valence-electron chi connectivity index (χ0n) is 26.8. The number of nitrogens with zero attached hydrogens (tertiary/aromatic N) is 2. The second-order valence-corrected chi connectivity index (χ2v) is 13.3. The number of hydrogen-bond donors (Lipinski definition) is 0. The van der Waals surface area contributed by atoms with Gasteiger partial charge in [-0.3, -0.25) is 0 Å². The number of hydrogen-bond acceptors (Lipinski definition) is 0. The van der Waals surface area contributed by atoms with E-state index in [4.69, 9.17) is 0 Å². The average Bonchev–Trinajstić information content (AvgIpc) is 3.68. The van der Waals surface area contributed by atoms with Gasteiger partial charge < -0.3 is 9.13 Å². The van der Waals surface area contributed by atoms with Crippen LogP contribution in [-0.4, -0.2) is 9.13 Å². The Morgan fingerprint density at radius 3 is 1.67 bits per heavy atom. The van der Waals surface area contributed by atoms with Gasteiger partial charge in [-0.15, -0.1) is 0 Å². The maximum atomic E-state index is 2.46. The number of benzene rings is 8. The van der Waals surface area contributed by atoms with Crippen LogP contribution in [0.3, 0.4) is 0 Å². The lowest BCUT2D eigenvalue weighted by atomic mass is 9.82. The Balaban J connectivity index is 1.21. The second-order valence-electron chi connectivity index (χ2n) is 13.3. The van der Waals surface area contributed by atoms with E-state index in [1.165, 1.54) is 99.1 Å². The predicted octanol–water partition coefficient (Wildman–Crippen LogP) is 12.3. The Hall–Kier alpha value is -6.38. The largest absolute Gasteiger partial charge is 0.309 e. The average molecular weight is 623 g/mol. The molecule has 0 saturated carbocycles. The highest BCUT2D eigenvalue weighted by Crippen LogP contribution is 2.47. The van der Waals surface area contributed by atoms with Crippen LogP contribution in [0.1, 0.15) is 11.1 Å². The lowest BCUT2D eigenvalue weighted by Gasteiger charge is -2.22. The van der Waals surface area contributed by atoms with Crippen LogP contribution in [0, 0.1) is 0 Å². The molecule has 11 rings (SSSR count). The van der Waals surface area contributed by atoms with Gasteiger partial charge in [0.2, 0.25) is 0 Å². The van der Waals surface area contributed by atoms with Gasteiger partial charge in [0.05, 0.1) is 22.1 Å². The summed E-state index contributed by atoms with van der Waals surface area (Å²) in [4.78, 5) is 0. The molecule has 8 aromatic carbocycles. The maximum absolute atomic E-state index is 2.46. The van der Waals surface area contributed by atoms with Gasteiger partial charge >= 0.3 is 0 Å². The minimum Gasteiger partial charge on any atom is -0.309 e. The first-order valence-corrected chi connectivity index (χ1v) is 17.1. The van der Waals surface area contributed by atoms with Crippen molar-refractivity contribution in [2.24, 2.45) is 0 Å². The molecule has 10 aromatic rings. The van der Waals surface area contributed by atoms with Gasteiger partial charge in [0.25, 0.3) is 0 Å². The van der Waals surface area contributed by atoms with Gasteiger partial charge in [-0.1, -0.05) is 109 Å². The minimum atomic E-state index is 0.963. The van der Waals surface area contributed by atoms with E-state index in [0.717, 1.165) is 6.42 Å². The van der Waals surface area contributed by atoms with Crippen LogP contribution >= 0.6 is 0 Å². The summed E-state index contributed by atoms with van der Waals surface area (Å²) in [6, 6.07) is 62.6. The fourth-order valence-electron chi connectivity index (χ4n) is 8.61. The summed E-state index contributed by atoms with van der Waals surface area (Å²) in [7, 11) is 0. The maximum Gasteiger partial charge on any atom is 0.0553 e. The second kappa shape index (κ2) is 10.1. The molecule has 0 atom stereocenters. The van der Waals surface area contributed by atoms with E-state index in [1.54, 1.807) is 0 Å². The van der Waals surface area contributed by atoms with E-state index in [-0.39, 0.29) is 0 Å². The molecule has 1 aliphatic carbocycles. The molecule has 2 heterocycles. The van der Waals surface area contributed by atoms with Gasteiger partial charge in [0.1, 0.15) is 0 Å². The zero-order chi connectivity index (χ0) is 32.1. The molecule has 0 saturated heterocycles. The molecule has 49 heavy (non-hydrogen) atoms. The molecule has 0 spiro atoms. The van der Waals surface area contributed by atoms with Gasteiger partial charge in [0, 0.05) is 32.9 Å². The van der Waals surface area contributed by atoms with Gasteiger partial charge in [0.15, 0.2) is 0 Å². The Morgan fingerprint density at radius 1 is 0.327 bits per heavy atom. The van der Waals surface area contributed by atoms with E-state index in [2.05, 4.69) is 179 Å². The van der Waals surface area contributed by atoms with E-state index in [1.807, 2.05) is 0 Å². The van der Waals surface area contributed by atoms with Gasteiger partial charge in [-0.25, -0.2) is 0 Å². The van der Waals surface area contributed by atoms with Crippen molar-refractivity contribution in [2.75, 3.05) is 0 Å². The number of rotatable bonds is 3. The third-order valence-corrected chi connectivity index (χ3v) is 10.7. The Kier molecular flexibility index (Phi) is 5.47. The highest BCUT2D eigenvalue weighted by molar-refractivity contribution is 6.26. The fraction of sp³-hybridized carbons (Fsp3) is 0.0213. The van der Waals surface area contributed by atoms with Crippen LogP contribution in [0.15, 0.2) is 170 Å². The Morgan fingerprint density at radius 2 is 0.898 bits per heavy atom. The summed E-state index contributed by atoms with van der Waals surface area (Å²) in [6.07, 6.45) is 0.963. The number of fused-ring (bicyclic) bond motifs is 9. The van der Waals surface area contributed by atoms with Crippen molar-refractivity contribution in [2.45, 2.75) is 6.42 Å². The minimum absolute atomic E-state index is 0.963. The molecule has 0 bridgehead atoms. The molecule has 0 radical (unpaired) electrons. The molecule has 0 fully saturated rings. The van der Waals surface area contributed by atoms with E-state index >= 15 is 0 Å². The molecule has 0 N–H and O–H groups in total. The summed E-state index contributed by atoms with van der Waals surface area (Å²) in [5.41, 5.74) is 15.2. The molecule has 1 aliphatic rings. The monoisotopic (exact) mass is 622 g/mol. The highest BCUT2D eigenvalue weighted by atomic mass is 15.0. The Labute approximate surface area is 283 Å². The zero-order valence-corrected chi connectivity index (χ0v) is 26.8. The molecule has 2 heteroatoms. The molecule has 0 aliphatic heterocycles. The van der Waals surface area contributed by atoms with Crippen LogP contribution in [0.5, 0.6) is 0 Å². The van der Waals surface area contributed by atoms with Crippen molar-refractivity contribution in [1.82, 2.24) is 9.13 Å². The van der Waals surface area contributed by atoms with E-state index < -0.39 is 0 Å². The summed E-state index contributed by atoms with van der Waals surface area (Å²) in [6.45, 7) is 0. The first-order chi connectivity index (χ1) is 24.3. The summed E-state index contributed by atoms with van der Waals surface area (Å²) < 4.78 is 4.85. The number of para-hydroxylation sites is 3. The molecule has 228 valence electrons. The molecule has 2 nitrogen and oxygen atoms in total. The summed E-state index contributed by atoms with van der Waals surface area (Å²) >= 11 is 0. The third-order valence-electron chi connectivity index (χ3n) is 10.7. The van der Waals surface area contributed by atoms with Crippen molar-refractivity contribution in [3.63, 3.8) is 0 Å². The van der Waals surface area contributed by atoms with Crippen LogP contribution in [0.4, 0.5) is 0 Å². The van der Waals surface area contributed by atoms with Crippen LogP contribution in [0.2, 0.25) is 0 Å². The topological polar surface area (TPSA) is 9.86 Å². The van der Waals surface area contributed by atoms with E-state index in [9.17, 15) is 0 Å². The quantitative estimate of drug-likeness (QED) is 0.186. The predicted molar refractivity (Wildman–Crippen MR) is 206 cm³/mol. The normalized spacial score (nSPS) is 12.4. The summed E-state index contributed by atoms with van der Waals surface area (Å²) in [5.74, 6) is 0. The smallest absolute Gasteiger partial charge is 0.0553 e. The molecular weight excluding hydrogens is 593 g/mol. The molecule has 2 aromatic heterocycles. The first-order valence-electron chi connectivity index (χ1n) is 17.1.